The summed E-state index contributed by atoms with van der Waals surface area (Å²) in [5.41, 5.74) is 7.06. The highest BCUT2D eigenvalue weighted by molar-refractivity contribution is 5.98. The van der Waals surface area contributed by atoms with Crippen LogP contribution < -0.4 is 16.5 Å². The Bertz CT molecular complexity index is 1200. The third-order valence-electron chi connectivity index (χ3n) is 5.83. The number of halogens is 2. The number of nitrogens with zero attached hydrogens (tertiary/aromatic N) is 1. The SMILES string of the molecule is CC(N)(C(F)F)[C@H](NC(=O)c1ccc(C#CC#Cc2ccc(CN3CCOCC3)cc2)cc1)C(=O)NO. The van der Waals surface area contributed by atoms with Crippen LogP contribution in [0.15, 0.2) is 48.5 Å². The first-order valence-corrected chi connectivity index (χ1v) is 11.5. The molecule has 0 aliphatic carbocycles. The van der Waals surface area contributed by atoms with Crippen molar-refractivity contribution in [3.8, 4) is 23.7 Å². The van der Waals surface area contributed by atoms with E-state index >= 15 is 0 Å². The van der Waals surface area contributed by atoms with Crippen molar-refractivity contribution >= 4 is 11.8 Å². The van der Waals surface area contributed by atoms with Gasteiger partial charge < -0.3 is 15.8 Å². The Hall–Kier alpha value is -3.80. The number of morpholine rings is 1. The zero-order valence-electron chi connectivity index (χ0n) is 20.3. The molecule has 2 aromatic rings. The standard InChI is InChI=1S/C27H28F2N4O4/c1-27(30,26(28)29)23(25(35)32-36)31-24(34)22-12-10-20(11-13-22)5-3-2-4-19-6-8-21(9-7-19)18-33-14-16-37-17-15-33/h6-13,23,26,36H,14-18,30H2,1H3,(H,31,34)(H,32,35)/t23-,27?/m1/s1. The number of carbonyl (C=O) groups excluding carboxylic acids is 2. The highest BCUT2D eigenvalue weighted by Gasteiger charge is 2.44. The zero-order chi connectivity index (χ0) is 26.8. The molecule has 10 heteroatoms. The number of hydrogen-bond acceptors (Lipinski definition) is 6. The molecule has 1 heterocycles. The summed E-state index contributed by atoms with van der Waals surface area (Å²) in [4.78, 5) is 26.6. The third kappa shape index (κ3) is 7.84. The van der Waals surface area contributed by atoms with Gasteiger partial charge in [0.2, 0.25) is 0 Å². The normalized spacial score (nSPS) is 15.8. The molecular weight excluding hydrogens is 482 g/mol. The molecule has 37 heavy (non-hydrogen) atoms. The summed E-state index contributed by atoms with van der Waals surface area (Å²) in [6.07, 6.45) is -3.14. The quantitative estimate of drug-likeness (QED) is 0.255. The maximum atomic E-state index is 13.3. The van der Waals surface area contributed by atoms with Gasteiger partial charge >= 0.3 is 0 Å². The van der Waals surface area contributed by atoms with E-state index in [4.69, 9.17) is 15.7 Å². The van der Waals surface area contributed by atoms with E-state index in [1.54, 1.807) is 12.1 Å². The van der Waals surface area contributed by atoms with Crippen LogP contribution in [0.5, 0.6) is 0 Å². The highest BCUT2D eigenvalue weighted by atomic mass is 19.3. The molecule has 8 nitrogen and oxygen atoms in total. The second kappa shape index (κ2) is 12.9. The van der Waals surface area contributed by atoms with Gasteiger partial charge in [-0.15, -0.1) is 0 Å². The second-order valence-electron chi connectivity index (χ2n) is 8.71. The van der Waals surface area contributed by atoms with Gasteiger partial charge in [-0.2, -0.15) is 0 Å². The van der Waals surface area contributed by atoms with Crippen LogP contribution in [0, 0.1) is 23.7 Å². The predicted octanol–water partition coefficient (Wildman–Crippen LogP) is 1.51. The van der Waals surface area contributed by atoms with E-state index in [2.05, 4.69) is 33.9 Å². The Balaban J connectivity index is 1.58. The number of nitrogens with two attached hydrogens (primary N) is 1. The van der Waals surface area contributed by atoms with E-state index in [9.17, 15) is 18.4 Å². The predicted molar refractivity (Wildman–Crippen MR) is 133 cm³/mol. The minimum absolute atomic E-state index is 0.0922. The van der Waals surface area contributed by atoms with E-state index in [0.29, 0.717) is 5.56 Å². The fourth-order valence-electron chi connectivity index (χ4n) is 3.53. The van der Waals surface area contributed by atoms with Gasteiger partial charge in [0.1, 0.15) is 11.6 Å². The van der Waals surface area contributed by atoms with Crippen LogP contribution in [0.3, 0.4) is 0 Å². The van der Waals surface area contributed by atoms with Crippen LogP contribution in [0.2, 0.25) is 0 Å². The van der Waals surface area contributed by atoms with E-state index < -0.39 is 29.8 Å². The summed E-state index contributed by atoms with van der Waals surface area (Å²) in [6.45, 7) is 5.15. The first kappa shape index (κ1) is 27.8. The van der Waals surface area contributed by atoms with Gasteiger partial charge in [-0.1, -0.05) is 24.0 Å². The van der Waals surface area contributed by atoms with E-state index in [0.717, 1.165) is 45.3 Å². The Morgan fingerprint density at radius 1 is 1.05 bits per heavy atom. The molecule has 1 aliphatic rings. The van der Waals surface area contributed by atoms with Crippen molar-refractivity contribution in [1.82, 2.24) is 15.7 Å². The van der Waals surface area contributed by atoms with E-state index in [1.165, 1.54) is 23.2 Å². The van der Waals surface area contributed by atoms with Crippen molar-refractivity contribution in [2.45, 2.75) is 31.5 Å². The molecular formula is C27H28F2N4O4. The lowest BCUT2D eigenvalue weighted by molar-refractivity contribution is -0.134. The summed E-state index contributed by atoms with van der Waals surface area (Å²) in [5.74, 6) is 9.31. The molecule has 1 fully saturated rings. The third-order valence-corrected chi connectivity index (χ3v) is 5.83. The first-order chi connectivity index (χ1) is 17.7. The van der Waals surface area contributed by atoms with Gasteiger partial charge in [-0.05, 0) is 60.7 Å². The molecule has 1 unspecified atom stereocenters. The minimum Gasteiger partial charge on any atom is -0.379 e. The average Bonchev–Trinajstić information content (AvgIpc) is 2.90. The number of carbonyl (C=O) groups is 2. The van der Waals surface area contributed by atoms with Crippen molar-refractivity contribution in [2.24, 2.45) is 5.73 Å². The lowest BCUT2D eigenvalue weighted by Crippen LogP contribution is -2.66. The number of benzene rings is 2. The van der Waals surface area contributed by atoms with Crippen molar-refractivity contribution in [3.63, 3.8) is 0 Å². The lowest BCUT2D eigenvalue weighted by atomic mass is 9.92. The van der Waals surface area contributed by atoms with Crippen molar-refractivity contribution in [3.05, 3.63) is 70.8 Å². The number of nitrogens with one attached hydrogen (secondary N) is 2. The maximum Gasteiger partial charge on any atom is 0.268 e. The fourth-order valence-corrected chi connectivity index (χ4v) is 3.53. The van der Waals surface area contributed by atoms with Crippen LogP contribution in [-0.4, -0.2) is 66.2 Å². The molecule has 0 aromatic heterocycles. The van der Waals surface area contributed by atoms with Crippen LogP contribution >= 0.6 is 0 Å². The van der Waals surface area contributed by atoms with Gasteiger partial charge in [0.05, 0.1) is 13.2 Å². The number of hydrogen-bond donors (Lipinski definition) is 4. The fraction of sp³-hybridized carbons (Fsp3) is 0.333. The molecule has 5 N–H and O–H groups in total. The second-order valence-corrected chi connectivity index (χ2v) is 8.71. The average molecular weight is 511 g/mol. The van der Waals surface area contributed by atoms with E-state index in [-0.39, 0.29) is 5.56 Å². The summed E-state index contributed by atoms with van der Waals surface area (Å²) < 4.78 is 31.9. The van der Waals surface area contributed by atoms with Crippen LogP contribution in [0.25, 0.3) is 0 Å². The van der Waals surface area contributed by atoms with Gasteiger partial charge in [-0.25, -0.2) is 14.3 Å². The number of hydroxylamine groups is 1. The summed E-state index contributed by atoms with van der Waals surface area (Å²) in [6, 6.07) is 12.1. The number of amides is 2. The molecule has 3 rings (SSSR count). The van der Waals surface area contributed by atoms with Crippen molar-refractivity contribution in [2.75, 3.05) is 26.3 Å². The zero-order valence-corrected chi connectivity index (χ0v) is 20.3. The van der Waals surface area contributed by atoms with Gasteiger partial charge in [0.15, 0.2) is 0 Å². The Labute approximate surface area is 214 Å². The summed E-state index contributed by atoms with van der Waals surface area (Å²) in [7, 11) is 0. The van der Waals surface area contributed by atoms with Crippen LogP contribution in [0.1, 0.15) is 34.0 Å². The lowest BCUT2D eigenvalue weighted by Gasteiger charge is -2.32. The maximum absolute atomic E-state index is 13.3. The molecule has 2 amide bonds. The summed E-state index contributed by atoms with van der Waals surface area (Å²) in [5, 5.41) is 11.0. The van der Waals surface area contributed by atoms with Gasteiger partial charge in [-0.3, -0.25) is 19.7 Å². The Kier molecular flexibility index (Phi) is 9.72. The Morgan fingerprint density at radius 3 is 2.11 bits per heavy atom. The number of alkyl halides is 2. The van der Waals surface area contributed by atoms with Crippen LogP contribution in [-0.2, 0) is 16.1 Å². The van der Waals surface area contributed by atoms with Crippen LogP contribution in [0.4, 0.5) is 8.78 Å². The van der Waals surface area contributed by atoms with Crippen molar-refractivity contribution in [1.29, 1.82) is 0 Å². The molecule has 0 saturated carbocycles. The highest BCUT2D eigenvalue weighted by Crippen LogP contribution is 2.18. The Morgan fingerprint density at radius 2 is 1.59 bits per heavy atom. The monoisotopic (exact) mass is 510 g/mol. The van der Waals surface area contributed by atoms with Gasteiger partial charge in [0.25, 0.3) is 18.2 Å². The number of ether oxygens (including phenoxy) is 1. The smallest absolute Gasteiger partial charge is 0.268 e. The largest absolute Gasteiger partial charge is 0.379 e. The molecule has 2 aromatic carbocycles. The molecule has 0 bridgehead atoms. The molecule has 1 saturated heterocycles. The molecule has 0 radical (unpaired) electrons. The first-order valence-electron chi connectivity index (χ1n) is 11.5. The molecule has 2 atom stereocenters. The summed E-state index contributed by atoms with van der Waals surface area (Å²) >= 11 is 0. The topological polar surface area (TPSA) is 117 Å². The number of rotatable bonds is 7. The van der Waals surface area contributed by atoms with E-state index in [1.807, 2.05) is 24.3 Å². The van der Waals surface area contributed by atoms with Crippen molar-refractivity contribution < 1.29 is 28.3 Å². The molecule has 194 valence electrons. The molecule has 0 spiro atoms. The molecule has 1 aliphatic heterocycles. The minimum atomic E-state index is -3.14. The van der Waals surface area contributed by atoms with Gasteiger partial charge in [0, 0.05) is 36.3 Å².